The minimum Gasteiger partial charge on any atom is -0.496 e. The van der Waals surface area contributed by atoms with Crippen molar-refractivity contribution in [3.8, 4) is 17.0 Å². The van der Waals surface area contributed by atoms with Gasteiger partial charge in [-0.05, 0) is 37.3 Å². The van der Waals surface area contributed by atoms with Gasteiger partial charge in [0.1, 0.15) is 5.75 Å². The number of thiazole rings is 1. The lowest BCUT2D eigenvalue weighted by Crippen LogP contribution is -2.13. The molecule has 6 heteroatoms. The first-order valence-electron chi connectivity index (χ1n) is 7.24. The van der Waals surface area contributed by atoms with Crippen LogP contribution in [0.2, 0.25) is 5.02 Å². The summed E-state index contributed by atoms with van der Waals surface area (Å²) in [5, 5.41) is 6.37. The van der Waals surface area contributed by atoms with Gasteiger partial charge in [-0.3, -0.25) is 4.79 Å². The van der Waals surface area contributed by atoms with Crippen molar-refractivity contribution in [2.45, 2.75) is 6.92 Å². The molecule has 0 aliphatic carbocycles. The summed E-state index contributed by atoms with van der Waals surface area (Å²) in [7, 11) is 1.52. The monoisotopic (exact) mass is 358 g/mol. The molecule has 0 bridgehead atoms. The summed E-state index contributed by atoms with van der Waals surface area (Å²) in [4.78, 5) is 16.9. The topological polar surface area (TPSA) is 51.2 Å². The fraction of sp³-hybridized carbons (Fsp3) is 0.111. The quantitative estimate of drug-likeness (QED) is 0.711. The average Bonchev–Trinajstić information content (AvgIpc) is 3.02. The Labute approximate surface area is 149 Å². The zero-order valence-electron chi connectivity index (χ0n) is 13.2. The Bertz CT molecular complexity index is 875. The Morgan fingerprint density at radius 2 is 1.96 bits per heavy atom. The van der Waals surface area contributed by atoms with E-state index in [0.29, 0.717) is 22.0 Å². The van der Waals surface area contributed by atoms with E-state index in [9.17, 15) is 4.79 Å². The first-order valence-corrected chi connectivity index (χ1v) is 8.50. The first kappa shape index (κ1) is 16.5. The maximum atomic E-state index is 12.4. The number of ether oxygens (including phenoxy) is 1. The van der Waals surface area contributed by atoms with Gasteiger partial charge in [0.2, 0.25) is 0 Å². The van der Waals surface area contributed by atoms with E-state index < -0.39 is 0 Å². The number of hydrogen-bond donors (Lipinski definition) is 1. The van der Waals surface area contributed by atoms with Crippen molar-refractivity contribution < 1.29 is 9.53 Å². The van der Waals surface area contributed by atoms with E-state index in [-0.39, 0.29) is 5.91 Å². The molecule has 0 fully saturated rings. The SMILES string of the molecule is COc1ccc(Cl)cc1C(=O)Nc1ccc(-c2csc(C)n2)cc1. The third-order valence-electron chi connectivity index (χ3n) is 3.46. The maximum Gasteiger partial charge on any atom is 0.259 e. The number of carbonyl (C=O) groups excluding carboxylic acids is 1. The zero-order valence-corrected chi connectivity index (χ0v) is 14.7. The van der Waals surface area contributed by atoms with Gasteiger partial charge in [-0.25, -0.2) is 4.98 Å². The second kappa shape index (κ2) is 7.03. The summed E-state index contributed by atoms with van der Waals surface area (Å²) in [5.74, 6) is 0.207. The van der Waals surface area contributed by atoms with Crippen LogP contribution in [-0.2, 0) is 0 Å². The standard InChI is InChI=1S/C18H15ClN2O2S/c1-11-20-16(10-24-11)12-3-6-14(7-4-12)21-18(22)15-9-13(19)5-8-17(15)23-2/h3-10H,1-2H3,(H,21,22). The molecule has 0 saturated carbocycles. The number of amides is 1. The number of methoxy groups -OCH3 is 1. The Morgan fingerprint density at radius 1 is 1.21 bits per heavy atom. The van der Waals surface area contributed by atoms with Crippen LogP contribution in [0.15, 0.2) is 47.8 Å². The predicted molar refractivity (Wildman–Crippen MR) is 98.2 cm³/mol. The lowest BCUT2D eigenvalue weighted by molar-refractivity contribution is 0.102. The van der Waals surface area contributed by atoms with Crippen LogP contribution in [0.5, 0.6) is 5.75 Å². The van der Waals surface area contributed by atoms with Crippen molar-refractivity contribution in [1.29, 1.82) is 0 Å². The van der Waals surface area contributed by atoms with E-state index in [1.165, 1.54) is 7.11 Å². The molecule has 1 N–H and O–H groups in total. The summed E-state index contributed by atoms with van der Waals surface area (Å²) in [6, 6.07) is 12.5. The molecule has 0 aliphatic heterocycles. The van der Waals surface area contributed by atoms with Crippen molar-refractivity contribution in [2.24, 2.45) is 0 Å². The number of anilines is 1. The summed E-state index contributed by atoms with van der Waals surface area (Å²) in [6.07, 6.45) is 0. The zero-order chi connectivity index (χ0) is 17.1. The van der Waals surface area contributed by atoms with Crippen LogP contribution in [0.3, 0.4) is 0 Å². The molecule has 0 atom stereocenters. The van der Waals surface area contributed by atoms with Crippen LogP contribution in [-0.4, -0.2) is 18.0 Å². The first-order chi connectivity index (χ1) is 11.6. The molecule has 0 aliphatic rings. The number of halogens is 1. The molecule has 2 aromatic carbocycles. The van der Waals surface area contributed by atoms with Gasteiger partial charge in [0.05, 0.1) is 23.4 Å². The molecule has 1 amide bonds. The highest BCUT2D eigenvalue weighted by atomic mass is 35.5. The van der Waals surface area contributed by atoms with Crippen LogP contribution in [0.1, 0.15) is 15.4 Å². The van der Waals surface area contributed by atoms with E-state index in [1.807, 2.05) is 36.6 Å². The third-order valence-corrected chi connectivity index (χ3v) is 4.47. The smallest absolute Gasteiger partial charge is 0.259 e. The van der Waals surface area contributed by atoms with Crippen LogP contribution in [0.4, 0.5) is 5.69 Å². The van der Waals surface area contributed by atoms with E-state index in [1.54, 1.807) is 29.5 Å². The second-order valence-corrected chi connectivity index (χ2v) is 6.63. The third kappa shape index (κ3) is 3.58. The molecule has 122 valence electrons. The number of carbonyl (C=O) groups is 1. The second-order valence-electron chi connectivity index (χ2n) is 5.13. The summed E-state index contributed by atoms with van der Waals surface area (Å²) in [6.45, 7) is 1.97. The highest BCUT2D eigenvalue weighted by Gasteiger charge is 2.13. The Hall–Kier alpha value is -2.37. The van der Waals surface area contributed by atoms with Crippen molar-refractivity contribution in [2.75, 3.05) is 12.4 Å². The van der Waals surface area contributed by atoms with Gasteiger partial charge in [0, 0.05) is 21.7 Å². The summed E-state index contributed by atoms with van der Waals surface area (Å²) < 4.78 is 5.21. The van der Waals surface area contributed by atoms with E-state index in [2.05, 4.69) is 10.3 Å². The highest BCUT2D eigenvalue weighted by Crippen LogP contribution is 2.25. The van der Waals surface area contributed by atoms with Crippen molar-refractivity contribution in [1.82, 2.24) is 4.98 Å². The van der Waals surface area contributed by atoms with Gasteiger partial charge in [-0.1, -0.05) is 23.7 Å². The Kier molecular flexibility index (Phi) is 4.83. The predicted octanol–water partition coefficient (Wildman–Crippen LogP) is 5.03. The van der Waals surface area contributed by atoms with Gasteiger partial charge in [-0.15, -0.1) is 11.3 Å². The number of hydrogen-bond acceptors (Lipinski definition) is 4. The van der Waals surface area contributed by atoms with E-state index in [4.69, 9.17) is 16.3 Å². The molecule has 3 rings (SSSR count). The van der Waals surface area contributed by atoms with Crippen LogP contribution >= 0.6 is 22.9 Å². The normalized spacial score (nSPS) is 10.5. The molecule has 0 radical (unpaired) electrons. The molecule has 4 nitrogen and oxygen atoms in total. The minimum absolute atomic E-state index is 0.272. The Morgan fingerprint density at radius 3 is 2.58 bits per heavy atom. The lowest BCUT2D eigenvalue weighted by atomic mass is 10.1. The van der Waals surface area contributed by atoms with Crippen molar-refractivity contribution >= 4 is 34.5 Å². The van der Waals surface area contributed by atoms with Gasteiger partial charge >= 0.3 is 0 Å². The molecule has 0 spiro atoms. The molecule has 1 aromatic heterocycles. The van der Waals surface area contributed by atoms with Crippen molar-refractivity contribution in [3.05, 3.63) is 63.4 Å². The largest absolute Gasteiger partial charge is 0.496 e. The van der Waals surface area contributed by atoms with Gasteiger partial charge in [0.25, 0.3) is 5.91 Å². The number of nitrogens with zero attached hydrogens (tertiary/aromatic N) is 1. The van der Waals surface area contributed by atoms with Crippen LogP contribution < -0.4 is 10.1 Å². The highest BCUT2D eigenvalue weighted by molar-refractivity contribution is 7.09. The van der Waals surface area contributed by atoms with Crippen LogP contribution in [0, 0.1) is 6.92 Å². The van der Waals surface area contributed by atoms with Crippen LogP contribution in [0.25, 0.3) is 11.3 Å². The molecule has 0 saturated heterocycles. The summed E-state index contributed by atoms with van der Waals surface area (Å²) in [5.41, 5.74) is 3.03. The fourth-order valence-corrected chi connectivity index (χ4v) is 3.07. The molecule has 3 aromatic rings. The maximum absolute atomic E-state index is 12.4. The number of aryl methyl sites for hydroxylation is 1. The van der Waals surface area contributed by atoms with Crippen molar-refractivity contribution in [3.63, 3.8) is 0 Å². The van der Waals surface area contributed by atoms with Gasteiger partial charge in [-0.2, -0.15) is 0 Å². The Balaban J connectivity index is 1.79. The molecular formula is C18H15ClN2O2S. The molecular weight excluding hydrogens is 344 g/mol. The molecule has 1 heterocycles. The average molecular weight is 359 g/mol. The van der Waals surface area contributed by atoms with E-state index >= 15 is 0 Å². The minimum atomic E-state index is -0.272. The molecule has 24 heavy (non-hydrogen) atoms. The number of benzene rings is 2. The fourth-order valence-electron chi connectivity index (χ4n) is 2.28. The van der Waals surface area contributed by atoms with Gasteiger partial charge in [0.15, 0.2) is 0 Å². The van der Waals surface area contributed by atoms with E-state index in [0.717, 1.165) is 16.3 Å². The summed E-state index contributed by atoms with van der Waals surface area (Å²) >= 11 is 7.58. The number of rotatable bonds is 4. The molecule has 0 unspecified atom stereocenters. The number of aromatic nitrogens is 1. The lowest BCUT2D eigenvalue weighted by Gasteiger charge is -2.10. The number of nitrogens with one attached hydrogen (secondary N) is 1. The van der Waals surface area contributed by atoms with Gasteiger partial charge < -0.3 is 10.1 Å².